The van der Waals surface area contributed by atoms with Crippen LogP contribution in [-0.2, 0) is 0 Å². The average molecular weight is 119 g/mol. The molecule has 0 saturated heterocycles. The van der Waals surface area contributed by atoms with Crippen molar-refractivity contribution in [1.29, 1.82) is 0 Å². The van der Waals surface area contributed by atoms with Gasteiger partial charge in [-0.25, -0.2) is 0 Å². The van der Waals surface area contributed by atoms with E-state index in [1.54, 1.807) is 0 Å². The third-order valence-electron chi connectivity index (χ3n) is 0.997. The van der Waals surface area contributed by atoms with Crippen molar-refractivity contribution in [2.45, 2.75) is 13.8 Å². The van der Waals surface area contributed by atoms with Gasteiger partial charge in [0.2, 0.25) is 0 Å². The fourth-order valence-corrected chi connectivity index (χ4v) is 0.513. The maximum absolute atomic E-state index is 3.93. The molecular weight excluding hydrogens is 109 g/mol. The van der Waals surface area contributed by atoms with Crippen molar-refractivity contribution in [3.05, 3.63) is 12.3 Å². The number of rotatable bonds is 0. The van der Waals surface area contributed by atoms with Crippen molar-refractivity contribution in [1.82, 2.24) is 0 Å². The Hall–Kier alpha value is 0.410. The predicted octanol–water partition coefficient (Wildman–Crippen LogP) is -1.27. The van der Waals surface area contributed by atoms with E-state index in [1.807, 2.05) is 12.4 Å². The molecule has 0 aromatic rings. The molecule has 2 heteroatoms. The summed E-state index contributed by atoms with van der Waals surface area (Å²) in [7, 11) is 0. The van der Waals surface area contributed by atoms with E-state index in [2.05, 4.69) is 24.9 Å². The zero-order valence-corrected chi connectivity index (χ0v) is 7.68. The molecule has 1 aliphatic rings. The summed E-state index contributed by atoms with van der Waals surface area (Å²) < 4.78 is 0. The van der Waals surface area contributed by atoms with Gasteiger partial charge in [0, 0.05) is 17.8 Å². The molecule has 1 aliphatic heterocycles. The van der Waals surface area contributed by atoms with E-state index in [9.17, 15) is 0 Å². The largest absolute Gasteiger partial charge is 1.00 e. The summed E-state index contributed by atoms with van der Waals surface area (Å²) in [6.45, 7) is 4.25. The molecule has 0 radical (unpaired) electrons. The van der Waals surface area contributed by atoms with E-state index in [-0.39, 0.29) is 36.4 Å². The van der Waals surface area contributed by atoms with Crippen molar-refractivity contribution < 1.29 is 31.0 Å². The van der Waals surface area contributed by atoms with Gasteiger partial charge in [-0.05, 0) is 0 Å². The Morgan fingerprint density at radius 1 is 1.50 bits per heavy atom. The summed E-state index contributed by atoms with van der Waals surface area (Å²) in [6, 6.07) is 0. The van der Waals surface area contributed by atoms with Gasteiger partial charge in [-0.2, -0.15) is 0 Å². The molecule has 0 bridgehead atoms. The molecule has 0 aromatic carbocycles. The number of aliphatic imine (C=N–C) groups is 1. The first kappa shape index (κ1) is 8.41. The zero-order valence-electron chi connectivity index (χ0n) is 6.68. The van der Waals surface area contributed by atoms with Crippen molar-refractivity contribution in [2.24, 2.45) is 10.4 Å². The van der Waals surface area contributed by atoms with Crippen LogP contribution in [-0.4, -0.2) is 6.21 Å². The summed E-state index contributed by atoms with van der Waals surface area (Å²) in [4.78, 5) is 3.93. The van der Waals surface area contributed by atoms with Gasteiger partial charge in [-0.1, -0.05) is 19.9 Å². The first-order chi connectivity index (χ1) is 3.21. The van der Waals surface area contributed by atoms with Gasteiger partial charge in [0.25, 0.3) is 0 Å². The van der Waals surface area contributed by atoms with Crippen LogP contribution in [0.2, 0.25) is 0 Å². The van der Waals surface area contributed by atoms with Gasteiger partial charge in [0.15, 0.2) is 0 Å². The van der Waals surface area contributed by atoms with Crippen LogP contribution in [0, 0.1) is 5.41 Å². The fraction of sp³-hybridized carbons (Fsp3) is 0.500. The van der Waals surface area contributed by atoms with Crippen LogP contribution >= 0.6 is 0 Å². The van der Waals surface area contributed by atoms with Gasteiger partial charge in [0.1, 0.15) is 0 Å². The number of nitrogens with zero attached hydrogens (tertiary/aromatic N) is 1. The molecule has 1 rings (SSSR count). The van der Waals surface area contributed by atoms with Crippen LogP contribution in [0.3, 0.4) is 0 Å². The predicted molar refractivity (Wildman–Crippen MR) is 32.5 cm³/mol. The second kappa shape index (κ2) is 2.81. The van der Waals surface area contributed by atoms with Crippen LogP contribution in [0.15, 0.2) is 17.3 Å². The molecule has 0 fully saturated rings. The van der Waals surface area contributed by atoms with Gasteiger partial charge >= 0.3 is 29.6 Å². The Kier molecular flexibility index (Phi) is 2.95. The quantitative estimate of drug-likeness (QED) is 0.352. The Morgan fingerprint density at radius 2 is 2.12 bits per heavy atom. The zero-order chi connectivity index (χ0) is 5.33. The SMILES string of the molecule is CC1(C)C=CN=C1.[H-].[Na+]. The maximum Gasteiger partial charge on any atom is 1.00 e. The molecule has 0 aromatic heterocycles. The summed E-state index contributed by atoms with van der Waals surface area (Å²) in [5.74, 6) is 0. The maximum atomic E-state index is 3.93. The summed E-state index contributed by atoms with van der Waals surface area (Å²) in [5, 5.41) is 0. The molecule has 0 spiro atoms. The number of hydrogen-bond acceptors (Lipinski definition) is 1. The minimum Gasteiger partial charge on any atom is -1.00 e. The van der Waals surface area contributed by atoms with Gasteiger partial charge in [-0.15, -0.1) is 0 Å². The van der Waals surface area contributed by atoms with E-state index >= 15 is 0 Å². The van der Waals surface area contributed by atoms with Crippen molar-refractivity contribution >= 4 is 6.21 Å². The molecule has 0 aliphatic carbocycles. The van der Waals surface area contributed by atoms with Crippen molar-refractivity contribution in [2.75, 3.05) is 0 Å². The van der Waals surface area contributed by atoms with E-state index < -0.39 is 0 Å². The average Bonchev–Trinajstić information content (AvgIpc) is 1.84. The molecule has 1 nitrogen and oxygen atoms in total. The first-order valence-corrected chi connectivity index (χ1v) is 2.43. The van der Waals surface area contributed by atoms with Crippen LogP contribution in [0.5, 0.6) is 0 Å². The van der Waals surface area contributed by atoms with E-state index in [0.29, 0.717) is 0 Å². The third kappa shape index (κ3) is 2.12. The van der Waals surface area contributed by atoms with Gasteiger partial charge < -0.3 is 1.43 Å². The molecule has 0 amide bonds. The Balaban J connectivity index is 0. The molecule has 8 heavy (non-hydrogen) atoms. The second-order valence-electron chi connectivity index (χ2n) is 2.42. The third-order valence-corrected chi connectivity index (χ3v) is 0.997. The van der Waals surface area contributed by atoms with Crippen LogP contribution in [0.1, 0.15) is 15.3 Å². The molecule has 0 unspecified atom stereocenters. The molecule has 40 valence electrons. The Morgan fingerprint density at radius 3 is 2.25 bits per heavy atom. The minimum atomic E-state index is 0. The standard InChI is InChI=1S/C6H9N.Na.H/c1-6(2)3-4-7-5-6;;/h3-5H,1-2H3;;/q;+1;-1. The monoisotopic (exact) mass is 119 g/mol. The Bertz CT molecular complexity index is 115. The van der Waals surface area contributed by atoms with E-state index in [1.165, 1.54) is 0 Å². The topological polar surface area (TPSA) is 12.4 Å². The Labute approximate surface area is 73.7 Å². The van der Waals surface area contributed by atoms with Crippen molar-refractivity contribution in [3.63, 3.8) is 0 Å². The first-order valence-electron chi connectivity index (χ1n) is 2.43. The van der Waals surface area contributed by atoms with Gasteiger partial charge in [0.05, 0.1) is 0 Å². The smallest absolute Gasteiger partial charge is 1.00 e. The molecule has 0 atom stereocenters. The molecule has 1 heterocycles. The van der Waals surface area contributed by atoms with Crippen LogP contribution in [0.25, 0.3) is 0 Å². The molecule has 0 N–H and O–H groups in total. The van der Waals surface area contributed by atoms with Crippen molar-refractivity contribution in [3.8, 4) is 0 Å². The number of allylic oxidation sites excluding steroid dienone is 1. The van der Waals surface area contributed by atoms with Crippen LogP contribution < -0.4 is 29.6 Å². The summed E-state index contributed by atoms with van der Waals surface area (Å²) in [5.41, 5.74) is 0.222. The summed E-state index contributed by atoms with van der Waals surface area (Å²) >= 11 is 0. The van der Waals surface area contributed by atoms with E-state index in [0.717, 1.165) is 0 Å². The van der Waals surface area contributed by atoms with Crippen LogP contribution in [0.4, 0.5) is 0 Å². The molecular formula is C6H10NNa. The second-order valence-corrected chi connectivity index (χ2v) is 2.42. The summed E-state index contributed by atoms with van der Waals surface area (Å²) in [6.07, 6.45) is 5.85. The fourth-order valence-electron chi connectivity index (χ4n) is 0.513. The molecule has 0 saturated carbocycles. The minimum absolute atomic E-state index is 0. The van der Waals surface area contributed by atoms with E-state index in [4.69, 9.17) is 0 Å². The number of hydrogen-bond donors (Lipinski definition) is 0. The normalized spacial score (nSPS) is 20.8. The van der Waals surface area contributed by atoms with Gasteiger partial charge in [-0.3, -0.25) is 4.99 Å².